The second-order valence-electron chi connectivity index (χ2n) is 5.05. The van der Waals surface area contributed by atoms with E-state index in [1.165, 1.54) is 38.5 Å². The van der Waals surface area contributed by atoms with Gasteiger partial charge in [-0.25, -0.2) is 0 Å². The van der Waals surface area contributed by atoms with Crippen LogP contribution in [-0.2, 0) is 0 Å². The zero-order valence-corrected chi connectivity index (χ0v) is 10.3. The van der Waals surface area contributed by atoms with Crippen LogP contribution in [0.4, 0.5) is 0 Å². The van der Waals surface area contributed by atoms with E-state index in [1.54, 1.807) is 0 Å². The Morgan fingerprint density at radius 3 is 2.57 bits per heavy atom. The highest BCUT2D eigenvalue weighted by atomic mass is 32.2. The monoisotopic (exact) mass is 213 g/mol. The average Bonchev–Trinajstić information content (AvgIpc) is 2.77. The Labute approximate surface area is 92.4 Å². The SMILES string of the molecule is CSC1CCC(NC2CCCC2C)C1. The van der Waals surface area contributed by atoms with Gasteiger partial charge in [0, 0.05) is 17.3 Å². The van der Waals surface area contributed by atoms with E-state index >= 15 is 0 Å². The molecule has 0 bridgehead atoms. The summed E-state index contributed by atoms with van der Waals surface area (Å²) in [4.78, 5) is 0. The van der Waals surface area contributed by atoms with Crippen LogP contribution in [0.5, 0.6) is 0 Å². The van der Waals surface area contributed by atoms with Gasteiger partial charge < -0.3 is 5.32 Å². The first-order chi connectivity index (χ1) is 6.79. The molecular weight excluding hydrogens is 190 g/mol. The first kappa shape index (κ1) is 10.8. The van der Waals surface area contributed by atoms with Gasteiger partial charge in [0.05, 0.1) is 0 Å². The van der Waals surface area contributed by atoms with E-state index in [1.807, 2.05) is 0 Å². The predicted octanol–water partition coefficient (Wildman–Crippen LogP) is 3.05. The maximum atomic E-state index is 3.88. The summed E-state index contributed by atoms with van der Waals surface area (Å²) in [7, 11) is 0. The predicted molar refractivity (Wildman–Crippen MR) is 64.9 cm³/mol. The molecule has 4 unspecified atom stereocenters. The minimum Gasteiger partial charge on any atom is -0.311 e. The van der Waals surface area contributed by atoms with Crippen molar-refractivity contribution in [1.82, 2.24) is 5.32 Å². The molecule has 2 heteroatoms. The summed E-state index contributed by atoms with van der Waals surface area (Å²) >= 11 is 2.05. The van der Waals surface area contributed by atoms with Crippen LogP contribution >= 0.6 is 11.8 Å². The molecule has 0 heterocycles. The molecule has 1 nitrogen and oxygen atoms in total. The minimum atomic E-state index is 0.831. The van der Waals surface area contributed by atoms with Crippen LogP contribution < -0.4 is 5.32 Å². The first-order valence-corrected chi connectivity index (χ1v) is 7.37. The molecule has 4 atom stereocenters. The van der Waals surface area contributed by atoms with Gasteiger partial charge in [0.1, 0.15) is 0 Å². The number of rotatable bonds is 3. The summed E-state index contributed by atoms with van der Waals surface area (Å²) in [5.41, 5.74) is 0. The lowest BCUT2D eigenvalue weighted by atomic mass is 10.1. The number of nitrogens with one attached hydrogen (secondary N) is 1. The third-order valence-electron chi connectivity index (χ3n) is 4.03. The summed E-state index contributed by atoms with van der Waals surface area (Å²) in [5.74, 6) is 0.920. The molecule has 14 heavy (non-hydrogen) atoms. The minimum absolute atomic E-state index is 0.831. The van der Waals surface area contributed by atoms with E-state index in [2.05, 4.69) is 30.3 Å². The molecule has 2 rings (SSSR count). The van der Waals surface area contributed by atoms with E-state index in [-0.39, 0.29) is 0 Å². The van der Waals surface area contributed by atoms with Gasteiger partial charge in [-0.1, -0.05) is 13.3 Å². The molecule has 0 radical (unpaired) electrons. The number of hydrogen-bond acceptors (Lipinski definition) is 2. The molecule has 0 aromatic rings. The number of hydrogen-bond donors (Lipinski definition) is 1. The zero-order valence-electron chi connectivity index (χ0n) is 9.46. The maximum absolute atomic E-state index is 3.88. The summed E-state index contributed by atoms with van der Waals surface area (Å²) in [6.07, 6.45) is 10.8. The topological polar surface area (TPSA) is 12.0 Å². The fourth-order valence-corrected chi connectivity index (χ4v) is 3.80. The Morgan fingerprint density at radius 1 is 1.14 bits per heavy atom. The van der Waals surface area contributed by atoms with Crippen molar-refractivity contribution in [2.75, 3.05) is 6.26 Å². The van der Waals surface area contributed by atoms with Crippen molar-refractivity contribution in [3.05, 3.63) is 0 Å². The molecule has 0 aromatic heterocycles. The smallest absolute Gasteiger partial charge is 0.00952 e. The van der Waals surface area contributed by atoms with Gasteiger partial charge in [-0.05, 0) is 44.3 Å². The summed E-state index contributed by atoms with van der Waals surface area (Å²) < 4.78 is 0. The van der Waals surface area contributed by atoms with Crippen molar-refractivity contribution in [1.29, 1.82) is 0 Å². The van der Waals surface area contributed by atoms with E-state index in [0.717, 1.165) is 23.3 Å². The molecule has 2 aliphatic rings. The van der Waals surface area contributed by atoms with Crippen molar-refractivity contribution in [3.8, 4) is 0 Å². The van der Waals surface area contributed by atoms with Crippen LogP contribution in [0.3, 0.4) is 0 Å². The molecule has 0 aliphatic heterocycles. The Morgan fingerprint density at radius 2 is 2.00 bits per heavy atom. The van der Waals surface area contributed by atoms with Gasteiger partial charge in [0.15, 0.2) is 0 Å². The van der Waals surface area contributed by atoms with Gasteiger partial charge in [-0.2, -0.15) is 11.8 Å². The fourth-order valence-electron chi connectivity index (χ4n) is 3.00. The maximum Gasteiger partial charge on any atom is 0.00952 e. The van der Waals surface area contributed by atoms with Crippen LogP contribution in [0.25, 0.3) is 0 Å². The molecule has 2 fully saturated rings. The van der Waals surface area contributed by atoms with E-state index in [0.29, 0.717) is 0 Å². The molecule has 1 N–H and O–H groups in total. The Kier molecular flexibility index (Phi) is 3.78. The third kappa shape index (κ3) is 2.46. The Hall–Kier alpha value is 0.310. The van der Waals surface area contributed by atoms with Crippen molar-refractivity contribution in [2.45, 2.75) is 62.8 Å². The van der Waals surface area contributed by atoms with Crippen LogP contribution in [0.2, 0.25) is 0 Å². The average molecular weight is 213 g/mol. The van der Waals surface area contributed by atoms with Gasteiger partial charge in [0.2, 0.25) is 0 Å². The quantitative estimate of drug-likeness (QED) is 0.773. The highest BCUT2D eigenvalue weighted by Crippen LogP contribution is 2.31. The van der Waals surface area contributed by atoms with Crippen molar-refractivity contribution in [3.63, 3.8) is 0 Å². The van der Waals surface area contributed by atoms with Crippen LogP contribution in [-0.4, -0.2) is 23.6 Å². The van der Waals surface area contributed by atoms with Crippen LogP contribution in [0, 0.1) is 5.92 Å². The zero-order chi connectivity index (χ0) is 9.97. The third-order valence-corrected chi connectivity index (χ3v) is 5.12. The number of thioether (sulfide) groups is 1. The van der Waals surface area contributed by atoms with E-state index in [9.17, 15) is 0 Å². The normalized spacial score (nSPS) is 43.3. The largest absolute Gasteiger partial charge is 0.311 e. The Bertz CT molecular complexity index is 183. The van der Waals surface area contributed by atoms with Crippen molar-refractivity contribution < 1.29 is 0 Å². The lowest BCUT2D eigenvalue weighted by Crippen LogP contribution is -2.38. The van der Waals surface area contributed by atoms with Gasteiger partial charge in [0.25, 0.3) is 0 Å². The molecule has 0 saturated heterocycles. The molecule has 0 aromatic carbocycles. The second kappa shape index (κ2) is 4.89. The van der Waals surface area contributed by atoms with Crippen molar-refractivity contribution in [2.24, 2.45) is 5.92 Å². The van der Waals surface area contributed by atoms with Crippen molar-refractivity contribution >= 4 is 11.8 Å². The molecule has 0 amide bonds. The van der Waals surface area contributed by atoms with Crippen LogP contribution in [0.15, 0.2) is 0 Å². The summed E-state index contributed by atoms with van der Waals surface area (Å²) in [6.45, 7) is 2.41. The fraction of sp³-hybridized carbons (Fsp3) is 1.00. The van der Waals surface area contributed by atoms with E-state index < -0.39 is 0 Å². The molecule has 82 valence electrons. The standard InChI is InChI=1S/C12H23NS/c1-9-4-3-5-12(9)13-10-6-7-11(8-10)14-2/h9-13H,3-8H2,1-2H3. The molecule has 0 spiro atoms. The molecule has 2 saturated carbocycles. The first-order valence-electron chi connectivity index (χ1n) is 6.08. The lowest BCUT2D eigenvalue weighted by molar-refractivity contribution is 0.374. The second-order valence-corrected chi connectivity index (χ2v) is 6.19. The molecular formula is C12H23NS. The highest BCUT2D eigenvalue weighted by molar-refractivity contribution is 7.99. The summed E-state index contributed by atoms with van der Waals surface area (Å²) in [5, 5.41) is 4.81. The van der Waals surface area contributed by atoms with Crippen LogP contribution in [0.1, 0.15) is 45.4 Å². The lowest BCUT2D eigenvalue weighted by Gasteiger charge is -2.22. The van der Waals surface area contributed by atoms with Gasteiger partial charge in [-0.15, -0.1) is 0 Å². The highest BCUT2D eigenvalue weighted by Gasteiger charge is 2.29. The Balaban J connectivity index is 1.75. The summed E-state index contributed by atoms with van der Waals surface area (Å²) in [6, 6.07) is 1.67. The molecule has 2 aliphatic carbocycles. The van der Waals surface area contributed by atoms with Gasteiger partial charge in [-0.3, -0.25) is 0 Å². The van der Waals surface area contributed by atoms with Gasteiger partial charge >= 0.3 is 0 Å². The van der Waals surface area contributed by atoms with E-state index in [4.69, 9.17) is 0 Å².